The molecule has 1 atom stereocenters. The second-order valence-corrected chi connectivity index (χ2v) is 7.56. The summed E-state index contributed by atoms with van der Waals surface area (Å²) in [6.07, 6.45) is 2.46. The average molecular weight is 276 g/mol. The number of hydrogen-bond donors (Lipinski definition) is 0. The van der Waals surface area contributed by atoms with Crippen LogP contribution in [0, 0.1) is 0 Å². The van der Waals surface area contributed by atoms with Crippen molar-refractivity contribution < 1.29 is 18.1 Å². The van der Waals surface area contributed by atoms with Gasteiger partial charge in [-0.25, -0.2) is 0 Å². The Kier molecular flexibility index (Phi) is 5.73. The van der Waals surface area contributed by atoms with E-state index in [1.165, 1.54) is 0 Å². The Labute approximate surface area is 110 Å². The Balaban J connectivity index is 2.73. The number of nitrogens with zero attached hydrogens (tertiary/aromatic N) is 2. The predicted molar refractivity (Wildman–Crippen MR) is 70.1 cm³/mol. The van der Waals surface area contributed by atoms with Crippen LogP contribution in [0.15, 0.2) is 0 Å². The van der Waals surface area contributed by atoms with Gasteiger partial charge in [0.2, 0.25) is 5.91 Å². The number of rotatable bonds is 6. The van der Waals surface area contributed by atoms with Crippen molar-refractivity contribution in [1.82, 2.24) is 9.80 Å². The number of amides is 1. The van der Waals surface area contributed by atoms with Crippen molar-refractivity contribution in [3.63, 3.8) is 0 Å². The maximum absolute atomic E-state index is 12.1. The standard InChI is InChI=1S/C11H24N2O4Si/c1-12(2)11(14)10-7-6-8-13(10)9-18(15-3,16-4)17-5/h10H,6-9H2,1-5H3. The fraction of sp³-hybridized carbons (Fsp3) is 0.909. The molecule has 7 heteroatoms. The summed E-state index contributed by atoms with van der Waals surface area (Å²) in [7, 11) is 5.70. The third-order valence-corrected chi connectivity index (χ3v) is 6.08. The molecule has 1 aliphatic rings. The minimum absolute atomic E-state index is 0.0766. The van der Waals surface area contributed by atoms with Gasteiger partial charge in [-0.2, -0.15) is 0 Å². The smallest absolute Gasteiger partial charge is 0.376 e. The summed E-state index contributed by atoms with van der Waals surface area (Å²) in [6, 6.07) is -0.0766. The van der Waals surface area contributed by atoms with Crippen LogP contribution in [0.5, 0.6) is 0 Å². The number of likely N-dealkylation sites (tertiary alicyclic amines) is 1. The van der Waals surface area contributed by atoms with E-state index in [0.29, 0.717) is 6.17 Å². The number of carbonyl (C=O) groups excluding carboxylic acids is 1. The molecule has 0 spiro atoms. The molecule has 106 valence electrons. The molecule has 1 amide bonds. The van der Waals surface area contributed by atoms with E-state index in [1.807, 2.05) is 0 Å². The molecule has 6 nitrogen and oxygen atoms in total. The first-order chi connectivity index (χ1) is 8.49. The summed E-state index contributed by atoms with van der Waals surface area (Å²) >= 11 is 0. The van der Waals surface area contributed by atoms with Crippen LogP contribution in [0.4, 0.5) is 0 Å². The first-order valence-electron chi connectivity index (χ1n) is 6.10. The quantitative estimate of drug-likeness (QED) is 0.637. The van der Waals surface area contributed by atoms with Gasteiger partial charge in [0.1, 0.15) is 0 Å². The highest BCUT2D eigenvalue weighted by Gasteiger charge is 2.44. The van der Waals surface area contributed by atoms with Crippen molar-refractivity contribution in [1.29, 1.82) is 0 Å². The van der Waals surface area contributed by atoms with Crippen LogP contribution in [0.2, 0.25) is 0 Å². The minimum Gasteiger partial charge on any atom is -0.376 e. The molecule has 0 aromatic carbocycles. The van der Waals surface area contributed by atoms with Gasteiger partial charge in [0.05, 0.1) is 12.2 Å². The average Bonchev–Trinajstić information content (AvgIpc) is 2.82. The molecule has 0 bridgehead atoms. The fourth-order valence-corrected chi connectivity index (χ4v) is 4.05. The van der Waals surface area contributed by atoms with Crippen molar-refractivity contribution in [2.45, 2.75) is 18.9 Å². The van der Waals surface area contributed by atoms with Gasteiger partial charge in [-0.15, -0.1) is 0 Å². The van der Waals surface area contributed by atoms with Gasteiger partial charge < -0.3 is 18.2 Å². The molecule has 1 heterocycles. The van der Waals surface area contributed by atoms with E-state index in [9.17, 15) is 4.79 Å². The molecule has 0 saturated carbocycles. The van der Waals surface area contributed by atoms with Gasteiger partial charge in [0.25, 0.3) is 0 Å². The van der Waals surface area contributed by atoms with E-state index in [1.54, 1.807) is 40.3 Å². The molecule has 1 fully saturated rings. The lowest BCUT2D eigenvalue weighted by molar-refractivity contribution is -0.133. The normalized spacial score (nSPS) is 21.3. The zero-order chi connectivity index (χ0) is 13.8. The van der Waals surface area contributed by atoms with Gasteiger partial charge in [0, 0.05) is 35.4 Å². The molecule has 18 heavy (non-hydrogen) atoms. The van der Waals surface area contributed by atoms with Gasteiger partial charge in [-0.05, 0) is 19.4 Å². The highest BCUT2D eigenvalue weighted by molar-refractivity contribution is 6.60. The van der Waals surface area contributed by atoms with E-state index in [0.717, 1.165) is 19.4 Å². The molecule has 0 aliphatic carbocycles. The summed E-state index contributed by atoms with van der Waals surface area (Å²) in [6.45, 7) is 0.884. The Morgan fingerprint density at radius 3 is 2.28 bits per heavy atom. The Morgan fingerprint density at radius 2 is 1.83 bits per heavy atom. The largest absolute Gasteiger partial charge is 0.514 e. The maximum atomic E-state index is 12.1. The van der Waals surface area contributed by atoms with E-state index in [-0.39, 0.29) is 11.9 Å². The van der Waals surface area contributed by atoms with E-state index in [4.69, 9.17) is 13.3 Å². The zero-order valence-electron chi connectivity index (χ0n) is 11.9. The molecule has 0 aromatic heterocycles. The third kappa shape index (κ3) is 3.30. The second-order valence-electron chi connectivity index (χ2n) is 4.66. The van der Waals surface area contributed by atoms with Gasteiger partial charge >= 0.3 is 8.80 Å². The van der Waals surface area contributed by atoms with Crippen LogP contribution in [0.25, 0.3) is 0 Å². The van der Waals surface area contributed by atoms with E-state index < -0.39 is 8.80 Å². The molecule has 1 aliphatic heterocycles. The number of likely N-dealkylation sites (N-methyl/N-ethyl adjacent to an activating group) is 1. The fourth-order valence-electron chi connectivity index (χ4n) is 2.29. The summed E-state index contributed by atoms with van der Waals surface area (Å²) in [5.41, 5.74) is 0. The number of hydrogen-bond acceptors (Lipinski definition) is 5. The van der Waals surface area contributed by atoms with Crippen molar-refractivity contribution in [3.8, 4) is 0 Å². The topological polar surface area (TPSA) is 51.2 Å². The second kappa shape index (κ2) is 6.62. The third-order valence-electron chi connectivity index (χ3n) is 3.42. The maximum Gasteiger partial charge on any atom is 0.514 e. The molecule has 0 N–H and O–H groups in total. The molecule has 1 saturated heterocycles. The first-order valence-corrected chi connectivity index (χ1v) is 8.03. The van der Waals surface area contributed by atoms with Crippen LogP contribution in [0.1, 0.15) is 12.8 Å². The monoisotopic (exact) mass is 276 g/mol. The van der Waals surface area contributed by atoms with E-state index in [2.05, 4.69) is 4.90 Å². The summed E-state index contributed by atoms with van der Waals surface area (Å²) in [5, 5.41) is 0. The van der Waals surface area contributed by atoms with Crippen molar-refractivity contribution in [2.24, 2.45) is 0 Å². The van der Waals surface area contributed by atoms with Crippen LogP contribution < -0.4 is 0 Å². The summed E-state index contributed by atoms with van der Waals surface area (Å²) in [5.74, 6) is 0.138. The van der Waals surface area contributed by atoms with Gasteiger partial charge in [0.15, 0.2) is 0 Å². The summed E-state index contributed by atoms with van der Waals surface area (Å²) in [4.78, 5) is 15.8. The van der Waals surface area contributed by atoms with Gasteiger partial charge in [-0.1, -0.05) is 0 Å². The Hall–Kier alpha value is -0.473. The number of carbonyl (C=O) groups is 1. The lowest BCUT2D eigenvalue weighted by Crippen LogP contribution is -2.56. The molecular formula is C11H24N2O4Si. The van der Waals surface area contributed by atoms with Crippen LogP contribution in [-0.4, -0.2) is 78.7 Å². The first kappa shape index (κ1) is 15.6. The van der Waals surface area contributed by atoms with Crippen LogP contribution in [0.3, 0.4) is 0 Å². The molecule has 0 radical (unpaired) electrons. The van der Waals surface area contributed by atoms with Crippen LogP contribution >= 0.6 is 0 Å². The van der Waals surface area contributed by atoms with Gasteiger partial charge in [-0.3, -0.25) is 9.69 Å². The van der Waals surface area contributed by atoms with Crippen LogP contribution in [-0.2, 0) is 18.1 Å². The highest BCUT2D eigenvalue weighted by atomic mass is 28.4. The molecule has 1 unspecified atom stereocenters. The molecular weight excluding hydrogens is 252 g/mol. The lowest BCUT2D eigenvalue weighted by Gasteiger charge is -2.32. The van der Waals surface area contributed by atoms with Crippen molar-refractivity contribution >= 4 is 14.7 Å². The predicted octanol–water partition coefficient (Wildman–Crippen LogP) is -0.0437. The molecule has 1 rings (SSSR count). The lowest BCUT2D eigenvalue weighted by atomic mass is 10.2. The zero-order valence-corrected chi connectivity index (χ0v) is 12.9. The highest BCUT2D eigenvalue weighted by Crippen LogP contribution is 2.21. The SMILES string of the molecule is CO[Si](CN1CCCC1C(=O)N(C)C)(OC)OC. The molecule has 0 aromatic rings. The summed E-state index contributed by atoms with van der Waals surface area (Å²) < 4.78 is 16.2. The minimum atomic E-state index is -2.65. The Bertz CT molecular complexity index is 276. The van der Waals surface area contributed by atoms with Crippen molar-refractivity contribution in [3.05, 3.63) is 0 Å². The Morgan fingerprint density at radius 1 is 1.28 bits per heavy atom. The van der Waals surface area contributed by atoms with E-state index >= 15 is 0 Å². The van der Waals surface area contributed by atoms with Crippen molar-refractivity contribution in [2.75, 3.05) is 48.1 Å².